The van der Waals surface area contributed by atoms with Crippen LogP contribution in [0.5, 0.6) is 0 Å². The van der Waals surface area contributed by atoms with Crippen molar-refractivity contribution in [2.75, 3.05) is 20.2 Å². The van der Waals surface area contributed by atoms with Crippen LogP contribution in [0.4, 0.5) is 0 Å². The lowest BCUT2D eigenvalue weighted by Crippen LogP contribution is -2.32. The Morgan fingerprint density at radius 3 is 2.50 bits per heavy atom. The van der Waals surface area contributed by atoms with Gasteiger partial charge >= 0.3 is 0 Å². The Labute approximate surface area is 61.7 Å². The molecule has 2 unspecified atom stereocenters. The molecule has 0 aliphatic heterocycles. The maximum absolute atomic E-state index is 10.2. The molecule has 0 saturated heterocycles. The van der Waals surface area contributed by atoms with E-state index >= 15 is 0 Å². The van der Waals surface area contributed by atoms with E-state index in [4.69, 9.17) is 14.8 Å². The third-order valence-corrected chi connectivity index (χ3v) is 1.63. The van der Waals surface area contributed by atoms with Gasteiger partial charge in [-0.05, 0) is 0 Å². The number of nitrogens with zero attached hydrogens (tertiary/aromatic N) is 1. The number of aliphatic hydroxyl groups excluding tert-OH is 2. The molecule has 0 saturated carbocycles. The van der Waals surface area contributed by atoms with Gasteiger partial charge in [0.2, 0.25) is 11.3 Å². The van der Waals surface area contributed by atoms with Gasteiger partial charge in [0.05, 0.1) is 12.7 Å². The molecule has 0 heterocycles. The summed E-state index contributed by atoms with van der Waals surface area (Å²) < 4.78 is 19.6. The molecule has 62 valence electrons. The standard InChI is InChI=1S/C4H11NO4S/c1-5(10(8)9)2-4(7)3-6/h4,6-7H,2-3H2,1H3,(H,8,9). The van der Waals surface area contributed by atoms with Gasteiger partial charge in [-0.15, -0.1) is 0 Å². The van der Waals surface area contributed by atoms with E-state index in [1.807, 2.05) is 0 Å². The third-order valence-electron chi connectivity index (χ3n) is 0.945. The molecule has 10 heavy (non-hydrogen) atoms. The molecule has 0 fully saturated rings. The first-order valence-corrected chi connectivity index (χ1v) is 3.75. The van der Waals surface area contributed by atoms with Crippen LogP contribution in [-0.4, -0.2) is 49.6 Å². The molecule has 0 aliphatic rings. The fraction of sp³-hybridized carbons (Fsp3) is 1.00. The fourth-order valence-electron chi connectivity index (χ4n) is 0.418. The molecule has 0 aromatic heterocycles. The molecule has 5 nitrogen and oxygen atoms in total. The Morgan fingerprint density at radius 1 is 1.70 bits per heavy atom. The van der Waals surface area contributed by atoms with E-state index in [1.54, 1.807) is 0 Å². The van der Waals surface area contributed by atoms with Gasteiger partial charge in [0, 0.05) is 13.6 Å². The van der Waals surface area contributed by atoms with Crippen molar-refractivity contribution in [1.82, 2.24) is 4.31 Å². The van der Waals surface area contributed by atoms with Gasteiger partial charge in [-0.3, -0.25) is 4.55 Å². The topological polar surface area (TPSA) is 81.0 Å². The predicted octanol–water partition coefficient (Wildman–Crippen LogP) is -1.59. The van der Waals surface area contributed by atoms with Crippen LogP contribution in [-0.2, 0) is 11.3 Å². The summed E-state index contributed by atoms with van der Waals surface area (Å²) in [6.45, 7) is -0.416. The first-order chi connectivity index (χ1) is 4.57. The lowest BCUT2D eigenvalue weighted by molar-refractivity contribution is 0.0823. The monoisotopic (exact) mass is 169 g/mol. The fourth-order valence-corrected chi connectivity index (χ4v) is 0.718. The zero-order valence-electron chi connectivity index (χ0n) is 5.60. The molecule has 0 amide bonds. The first kappa shape index (κ1) is 9.99. The highest BCUT2D eigenvalue weighted by molar-refractivity contribution is 7.76. The molecular weight excluding hydrogens is 158 g/mol. The zero-order chi connectivity index (χ0) is 8.15. The summed E-state index contributed by atoms with van der Waals surface area (Å²) in [4.78, 5) is 0. The Hall–Kier alpha value is -0.0100. The molecule has 0 aromatic carbocycles. The third kappa shape index (κ3) is 3.91. The van der Waals surface area contributed by atoms with Crippen molar-refractivity contribution in [3.05, 3.63) is 0 Å². The molecular formula is C4H11NO4S. The Kier molecular flexibility index (Phi) is 4.75. The summed E-state index contributed by atoms with van der Waals surface area (Å²) in [7, 11) is 1.37. The molecule has 3 N–H and O–H groups in total. The van der Waals surface area contributed by atoms with Gasteiger partial charge in [-0.1, -0.05) is 0 Å². The average Bonchev–Trinajstić information content (AvgIpc) is 1.87. The molecule has 0 aromatic rings. The van der Waals surface area contributed by atoms with Crippen molar-refractivity contribution < 1.29 is 19.0 Å². The number of hydrogen-bond donors (Lipinski definition) is 3. The lowest BCUT2D eigenvalue weighted by Gasteiger charge is -2.13. The minimum Gasteiger partial charge on any atom is -0.394 e. The summed E-state index contributed by atoms with van der Waals surface area (Å²) >= 11 is -2.07. The molecule has 0 spiro atoms. The van der Waals surface area contributed by atoms with Crippen molar-refractivity contribution in [2.24, 2.45) is 0 Å². The SMILES string of the molecule is CN(CC(O)CO)S(=O)O. The van der Waals surface area contributed by atoms with Crippen LogP contribution >= 0.6 is 0 Å². The Balaban J connectivity index is 3.56. The van der Waals surface area contributed by atoms with E-state index in [9.17, 15) is 4.21 Å². The van der Waals surface area contributed by atoms with E-state index in [2.05, 4.69) is 0 Å². The van der Waals surface area contributed by atoms with Gasteiger partial charge < -0.3 is 10.2 Å². The molecule has 0 rings (SSSR count). The van der Waals surface area contributed by atoms with Crippen molar-refractivity contribution in [1.29, 1.82) is 0 Å². The number of likely N-dealkylation sites (N-methyl/N-ethyl adjacent to an activating group) is 1. The van der Waals surface area contributed by atoms with E-state index in [0.29, 0.717) is 0 Å². The highest BCUT2D eigenvalue weighted by Crippen LogP contribution is 1.89. The highest BCUT2D eigenvalue weighted by atomic mass is 32.2. The Morgan fingerprint density at radius 2 is 2.20 bits per heavy atom. The maximum atomic E-state index is 10.2. The molecule has 0 aliphatic carbocycles. The van der Waals surface area contributed by atoms with Crippen LogP contribution in [0.25, 0.3) is 0 Å². The lowest BCUT2D eigenvalue weighted by atomic mass is 10.4. The molecule has 0 radical (unpaired) electrons. The number of rotatable bonds is 4. The van der Waals surface area contributed by atoms with Crippen molar-refractivity contribution in [3.63, 3.8) is 0 Å². The van der Waals surface area contributed by atoms with Crippen LogP contribution < -0.4 is 0 Å². The average molecular weight is 169 g/mol. The van der Waals surface area contributed by atoms with Crippen LogP contribution in [0.3, 0.4) is 0 Å². The van der Waals surface area contributed by atoms with Crippen LogP contribution in [0.1, 0.15) is 0 Å². The zero-order valence-corrected chi connectivity index (χ0v) is 6.41. The summed E-state index contributed by atoms with van der Waals surface area (Å²) in [5.74, 6) is 0. The van der Waals surface area contributed by atoms with Crippen molar-refractivity contribution >= 4 is 11.3 Å². The summed E-state index contributed by atoms with van der Waals surface area (Å²) in [6.07, 6.45) is -0.957. The van der Waals surface area contributed by atoms with Crippen LogP contribution in [0.2, 0.25) is 0 Å². The van der Waals surface area contributed by atoms with Crippen LogP contribution in [0.15, 0.2) is 0 Å². The first-order valence-electron chi connectivity index (χ1n) is 2.69. The smallest absolute Gasteiger partial charge is 0.234 e. The molecule has 6 heteroatoms. The van der Waals surface area contributed by atoms with Gasteiger partial charge in [-0.2, -0.15) is 0 Å². The minimum absolute atomic E-state index is 0.0143. The normalized spacial score (nSPS) is 17.3. The van der Waals surface area contributed by atoms with Crippen molar-refractivity contribution in [2.45, 2.75) is 6.10 Å². The summed E-state index contributed by atoms with van der Waals surface area (Å²) in [6, 6.07) is 0. The van der Waals surface area contributed by atoms with E-state index in [-0.39, 0.29) is 6.54 Å². The van der Waals surface area contributed by atoms with E-state index < -0.39 is 24.0 Å². The second kappa shape index (κ2) is 4.75. The van der Waals surface area contributed by atoms with Gasteiger partial charge in [0.25, 0.3) is 0 Å². The summed E-state index contributed by atoms with van der Waals surface area (Å²) in [5, 5.41) is 17.0. The Bertz CT molecular complexity index is 120. The van der Waals surface area contributed by atoms with Crippen LogP contribution in [0, 0.1) is 0 Å². The minimum atomic E-state index is -2.07. The quantitative estimate of drug-likeness (QED) is 0.443. The van der Waals surface area contributed by atoms with E-state index in [0.717, 1.165) is 4.31 Å². The largest absolute Gasteiger partial charge is 0.394 e. The number of hydrogen-bond acceptors (Lipinski definition) is 3. The predicted molar refractivity (Wildman–Crippen MR) is 36.5 cm³/mol. The number of aliphatic hydroxyl groups is 2. The van der Waals surface area contributed by atoms with Crippen molar-refractivity contribution in [3.8, 4) is 0 Å². The highest BCUT2D eigenvalue weighted by Gasteiger charge is 2.09. The molecule has 2 atom stereocenters. The molecule has 0 bridgehead atoms. The van der Waals surface area contributed by atoms with Gasteiger partial charge in [0.1, 0.15) is 0 Å². The van der Waals surface area contributed by atoms with Gasteiger partial charge in [0.15, 0.2) is 0 Å². The van der Waals surface area contributed by atoms with Gasteiger partial charge in [-0.25, -0.2) is 8.51 Å². The maximum Gasteiger partial charge on any atom is 0.234 e. The summed E-state index contributed by atoms with van der Waals surface area (Å²) in [5.41, 5.74) is 0. The van der Waals surface area contributed by atoms with E-state index in [1.165, 1.54) is 7.05 Å². The second-order valence-corrected chi connectivity index (χ2v) is 2.96. The second-order valence-electron chi connectivity index (χ2n) is 1.88.